The third-order valence-electron chi connectivity index (χ3n) is 9.99. The summed E-state index contributed by atoms with van der Waals surface area (Å²) in [5, 5.41) is 2.55. The largest absolute Gasteiger partial charge is 0.444 e. The molecule has 2 unspecified atom stereocenters. The number of piperidine rings is 1. The van der Waals surface area contributed by atoms with Crippen LogP contribution in [-0.2, 0) is 44.4 Å². The van der Waals surface area contributed by atoms with Gasteiger partial charge in [0.25, 0.3) is 5.91 Å². The second-order valence-electron chi connectivity index (χ2n) is 15.6. The molecule has 59 heavy (non-hydrogen) atoms. The average Bonchev–Trinajstić information content (AvgIpc) is 3.60. The number of likely N-dealkylation sites (tertiary alicyclic amines) is 2. The van der Waals surface area contributed by atoms with E-state index in [-0.39, 0.29) is 63.6 Å². The van der Waals surface area contributed by atoms with Gasteiger partial charge in [0.2, 0.25) is 5.91 Å². The minimum atomic E-state index is -5.03. The summed E-state index contributed by atoms with van der Waals surface area (Å²) >= 11 is 0. The molecule has 0 aromatic heterocycles. The van der Waals surface area contributed by atoms with Gasteiger partial charge in [0.15, 0.2) is 0 Å². The van der Waals surface area contributed by atoms with Gasteiger partial charge in [-0.1, -0.05) is 36.4 Å². The monoisotopic (exact) mass is 837 g/mol. The summed E-state index contributed by atoms with van der Waals surface area (Å²) < 4.78 is 106. The Hall–Kier alpha value is -5.39. The predicted molar refractivity (Wildman–Crippen MR) is 200 cm³/mol. The number of rotatable bonds is 9. The van der Waals surface area contributed by atoms with Crippen LogP contribution in [0.2, 0.25) is 0 Å². The Morgan fingerprint density at radius 2 is 1.44 bits per heavy atom. The van der Waals surface area contributed by atoms with Crippen LogP contribution < -0.4 is 16.2 Å². The number of nitrogens with one attached hydrogen (secondary N) is 3. The second-order valence-corrected chi connectivity index (χ2v) is 15.6. The lowest BCUT2D eigenvalue weighted by atomic mass is 9.85. The molecule has 0 spiro atoms. The molecule has 0 radical (unpaired) electrons. The summed E-state index contributed by atoms with van der Waals surface area (Å²) in [6.45, 7) is 6.61. The maximum atomic E-state index is 14.1. The second kappa shape index (κ2) is 18.3. The molecule has 2 aliphatic heterocycles. The number of benzene rings is 3. The Labute approximate surface area is 336 Å². The normalized spacial score (nSPS) is 19.9. The zero-order chi connectivity index (χ0) is 43.3. The van der Waals surface area contributed by atoms with Crippen LogP contribution in [0.1, 0.15) is 79.5 Å². The van der Waals surface area contributed by atoms with Gasteiger partial charge in [0.05, 0.1) is 36.4 Å². The fraction of sp³-hybridized carbons (Fsp3) is 0.463. The van der Waals surface area contributed by atoms with Crippen molar-refractivity contribution in [3.05, 3.63) is 106 Å². The van der Waals surface area contributed by atoms with Gasteiger partial charge in [-0.2, -0.15) is 26.3 Å². The van der Waals surface area contributed by atoms with Crippen molar-refractivity contribution in [1.82, 2.24) is 26.0 Å². The van der Waals surface area contributed by atoms with Crippen molar-refractivity contribution in [1.29, 1.82) is 0 Å². The fourth-order valence-corrected chi connectivity index (χ4v) is 7.12. The van der Waals surface area contributed by atoms with Crippen LogP contribution in [-0.4, -0.2) is 71.1 Å². The standard InChI is InChI=1S/C41H46F7N5O6/c1-24-16-30(42)10-11-32(24)33-19-27(13-15-52(33)37(56)49-14-12-26-17-28(40(43,44)45)20-29(18-26)41(46,47)48)35(54)50-51-36(55)34-21-31(58-23-25-8-6-5-7-9-25)22-53(34)38(57)59-39(2,3)4/h5-11,16-18,20,27,31,33-34H,12-15,19,21-23H2,1-4H3,(H,49,56)(H,50,54)(H,51,55)/t27-,31?,33+,34?/m0/s1. The molecule has 320 valence electrons. The zero-order valence-electron chi connectivity index (χ0n) is 32.8. The van der Waals surface area contributed by atoms with Crippen molar-refractivity contribution in [2.75, 3.05) is 19.6 Å². The lowest BCUT2D eigenvalue weighted by molar-refractivity contribution is -0.143. The molecule has 5 rings (SSSR count). The van der Waals surface area contributed by atoms with Crippen molar-refractivity contribution in [2.45, 2.75) is 96.1 Å². The highest BCUT2D eigenvalue weighted by Gasteiger charge is 2.43. The average molecular weight is 838 g/mol. The van der Waals surface area contributed by atoms with Crippen LogP contribution in [0.5, 0.6) is 0 Å². The van der Waals surface area contributed by atoms with E-state index in [1.54, 1.807) is 27.7 Å². The Morgan fingerprint density at radius 3 is 2.05 bits per heavy atom. The highest BCUT2D eigenvalue weighted by atomic mass is 19.4. The first kappa shape index (κ1) is 44.7. The molecule has 11 nitrogen and oxygen atoms in total. The molecule has 2 fully saturated rings. The van der Waals surface area contributed by atoms with Gasteiger partial charge in [-0.15, -0.1) is 0 Å². The van der Waals surface area contributed by atoms with Crippen LogP contribution in [0.3, 0.4) is 0 Å². The Balaban J connectivity index is 1.24. The van der Waals surface area contributed by atoms with Crippen molar-refractivity contribution < 1.29 is 59.4 Å². The Kier molecular flexibility index (Phi) is 13.8. The van der Waals surface area contributed by atoms with Crippen LogP contribution in [0, 0.1) is 18.7 Å². The summed E-state index contributed by atoms with van der Waals surface area (Å²) in [4.78, 5) is 56.4. The molecule has 3 aromatic carbocycles. The quantitative estimate of drug-likeness (QED) is 0.150. The number of amides is 5. The maximum Gasteiger partial charge on any atom is 0.416 e. The minimum absolute atomic E-state index is 0.00697. The number of hydrazine groups is 1. The molecule has 0 saturated carbocycles. The number of halogens is 7. The third-order valence-corrected chi connectivity index (χ3v) is 9.99. The SMILES string of the molecule is Cc1cc(F)ccc1[C@H]1C[C@@H](C(=O)NNC(=O)C2CC(OCc3ccccc3)CN2C(=O)OC(C)(C)C)CCN1C(=O)NCCc1cc(C(F)(F)F)cc(C(F)(F)F)c1. The van der Waals surface area contributed by atoms with Gasteiger partial charge in [-0.05, 0) is 99.5 Å². The Morgan fingerprint density at radius 1 is 0.797 bits per heavy atom. The van der Waals surface area contributed by atoms with Gasteiger partial charge < -0.3 is 19.7 Å². The first-order valence-electron chi connectivity index (χ1n) is 18.9. The smallest absolute Gasteiger partial charge is 0.416 e. The van der Waals surface area contributed by atoms with Gasteiger partial charge in [-0.3, -0.25) is 25.3 Å². The molecule has 0 bridgehead atoms. The lowest BCUT2D eigenvalue weighted by Gasteiger charge is -2.40. The lowest BCUT2D eigenvalue weighted by Crippen LogP contribution is -2.54. The maximum absolute atomic E-state index is 14.1. The van der Waals surface area contributed by atoms with Crippen molar-refractivity contribution in [2.24, 2.45) is 5.92 Å². The van der Waals surface area contributed by atoms with E-state index < -0.39 is 82.9 Å². The first-order chi connectivity index (χ1) is 27.6. The predicted octanol–water partition coefficient (Wildman–Crippen LogP) is 7.62. The number of carbonyl (C=O) groups is 4. The first-order valence-corrected chi connectivity index (χ1v) is 18.9. The van der Waals surface area contributed by atoms with Crippen molar-refractivity contribution in [3.63, 3.8) is 0 Å². The van der Waals surface area contributed by atoms with Crippen LogP contribution in [0.15, 0.2) is 66.7 Å². The molecular weight excluding hydrogens is 791 g/mol. The summed E-state index contributed by atoms with van der Waals surface area (Å²) in [5.74, 6) is -2.63. The number of hydrogen-bond donors (Lipinski definition) is 3. The topological polar surface area (TPSA) is 129 Å². The van der Waals surface area contributed by atoms with Gasteiger partial charge in [0, 0.05) is 25.4 Å². The van der Waals surface area contributed by atoms with Crippen LogP contribution in [0.4, 0.5) is 40.3 Å². The number of urea groups is 1. The summed E-state index contributed by atoms with van der Waals surface area (Å²) in [6.07, 6.45) is -11.5. The van der Waals surface area contributed by atoms with E-state index in [1.165, 1.54) is 28.0 Å². The fourth-order valence-electron chi connectivity index (χ4n) is 7.12. The molecule has 2 heterocycles. The number of hydrogen-bond acceptors (Lipinski definition) is 6. The molecule has 2 saturated heterocycles. The van der Waals surface area contributed by atoms with Crippen LogP contribution in [0.25, 0.3) is 0 Å². The van der Waals surface area contributed by atoms with E-state index in [9.17, 15) is 49.9 Å². The summed E-state index contributed by atoms with van der Waals surface area (Å²) in [5.41, 5.74) is 2.60. The number of ether oxygens (including phenoxy) is 2. The minimum Gasteiger partial charge on any atom is -0.444 e. The van der Waals surface area contributed by atoms with E-state index in [0.717, 1.165) is 5.56 Å². The number of alkyl halides is 6. The zero-order valence-corrected chi connectivity index (χ0v) is 32.8. The molecule has 4 atom stereocenters. The van der Waals surface area contributed by atoms with E-state index in [4.69, 9.17) is 9.47 Å². The summed E-state index contributed by atoms with van der Waals surface area (Å²) in [6, 6.07) is 11.8. The number of aryl methyl sites for hydroxylation is 1. The Bertz CT molecular complexity index is 1960. The number of carbonyl (C=O) groups excluding carboxylic acids is 4. The van der Waals surface area contributed by atoms with Crippen molar-refractivity contribution >= 4 is 23.9 Å². The van der Waals surface area contributed by atoms with E-state index in [2.05, 4.69) is 16.2 Å². The van der Waals surface area contributed by atoms with E-state index in [0.29, 0.717) is 23.3 Å². The third kappa shape index (κ3) is 12.1. The van der Waals surface area contributed by atoms with E-state index in [1.807, 2.05) is 30.3 Å². The molecule has 3 N–H and O–H groups in total. The molecular formula is C41H46F7N5O6. The molecule has 0 aliphatic carbocycles. The summed E-state index contributed by atoms with van der Waals surface area (Å²) in [7, 11) is 0. The van der Waals surface area contributed by atoms with Gasteiger partial charge in [-0.25, -0.2) is 14.0 Å². The number of nitrogens with zero attached hydrogens (tertiary/aromatic N) is 2. The highest BCUT2D eigenvalue weighted by molar-refractivity contribution is 5.89. The van der Waals surface area contributed by atoms with Crippen LogP contribution >= 0.6 is 0 Å². The van der Waals surface area contributed by atoms with Gasteiger partial charge in [0.1, 0.15) is 17.5 Å². The molecule has 18 heteroatoms. The highest BCUT2D eigenvalue weighted by Crippen LogP contribution is 2.38. The molecule has 2 aliphatic rings. The van der Waals surface area contributed by atoms with Crippen molar-refractivity contribution in [3.8, 4) is 0 Å². The van der Waals surface area contributed by atoms with E-state index >= 15 is 0 Å². The molecule has 3 aromatic rings. The molecule has 5 amide bonds. The van der Waals surface area contributed by atoms with Gasteiger partial charge >= 0.3 is 24.5 Å².